The van der Waals surface area contributed by atoms with Crippen molar-refractivity contribution in [3.05, 3.63) is 57.3 Å². The Hall–Kier alpha value is -1.12. The van der Waals surface area contributed by atoms with Gasteiger partial charge in [0.15, 0.2) is 0 Å². The van der Waals surface area contributed by atoms with Gasteiger partial charge < -0.3 is 5.32 Å². The van der Waals surface area contributed by atoms with Gasteiger partial charge in [0, 0.05) is 4.88 Å². The summed E-state index contributed by atoms with van der Waals surface area (Å²) in [5.74, 6) is 0.593. The first-order valence-electron chi connectivity index (χ1n) is 6.44. The second-order valence-corrected chi connectivity index (χ2v) is 6.10. The molecule has 96 valence electrons. The highest BCUT2D eigenvalue weighted by Gasteiger charge is 2.14. The van der Waals surface area contributed by atoms with Gasteiger partial charge >= 0.3 is 0 Å². The van der Waals surface area contributed by atoms with Crippen molar-refractivity contribution in [2.45, 2.75) is 32.7 Å². The Kier molecular flexibility index (Phi) is 4.20. The number of hydrogen-bond donors (Lipinski definition) is 1. The van der Waals surface area contributed by atoms with Crippen LogP contribution in [0.4, 0.5) is 0 Å². The summed E-state index contributed by atoms with van der Waals surface area (Å²) in [5.41, 5.74) is 4.12. The molecule has 1 nitrogen and oxygen atoms in total. The number of benzene rings is 1. The fraction of sp³-hybridized carbons (Fsp3) is 0.375. The van der Waals surface area contributed by atoms with Gasteiger partial charge in [0.25, 0.3) is 0 Å². The van der Waals surface area contributed by atoms with Crippen molar-refractivity contribution < 1.29 is 0 Å². The highest BCUT2D eigenvalue weighted by Crippen LogP contribution is 2.28. The van der Waals surface area contributed by atoms with Crippen LogP contribution >= 0.6 is 11.3 Å². The van der Waals surface area contributed by atoms with E-state index in [0.717, 1.165) is 0 Å². The number of rotatable bonds is 4. The van der Waals surface area contributed by atoms with Crippen molar-refractivity contribution in [1.82, 2.24) is 5.32 Å². The Morgan fingerprint density at radius 2 is 1.61 bits per heavy atom. The van der Waals surface area contributed by atoms with Gasteiger partial charge in [0.05, 0.1) is 6.04 Å². The monoisotopic (exact) mass is 259 g/mol. The van der Waals surface area contributed by atoms with Crippen molar-refractivity contribution in [2.75, 3.05) is 7.05 Å². The van der Waals surface area contributed by atoms with Crippen LogP contribution in [0.3, 0.4) is 0 Å². The van der Waals surface area contributed by atoms with Crippen LogP contribution in [0, 0.1) is 6.92 Å². The lowest BCUT2D eigenvalue weighted by atomic mass is 9.96. The molecule has 2 aromatic rings. The van der Waals surface area contributed by atoms with Crippen molar-refractivity contribution in [3.63, 3.8) is 0 Å². The van der Waals surface area contributed by atoms with Crippen molar-refractivity contribution >= 4 is 11.3 Å². The average Bonchev–Trinajstić information content (AvgIpc) is 2.78. The molecule has 0 aliphatic heterocycles. The van der Waals surface area contributed by atoms with Crippen LogP contribution in [-0.4, -0.2) is 7.05 Å². The molecule has 0 aliphatic carbocycles. The molecule has 1 aromatic carbocycles. The van der Waals surface area contributed by atoms with E-state index < -0.39 is 0 Å². The SMILES string of the molecule is CNC(c1ccc(C(C)C)cc1)c1ccsc1C. The van der Waals surface area contributed by atoms with Crippen molar-refractivity contribution in [2.24, 2.45) is 0 Å². The zero-order valence-corrected chi connectivity index (χ0v) is 12.3. The molecule has 2 rings (SSSR count). The molecule has 0 radical (unpaired) electrons. The van der Waals surface area contributed by atoms with Gasteiger partial charge in [-0.05, 0) is 48.0 Å². The molecule has 0 aliphatic rings. The van der Waals surface area contributed by atoms with Crippen LogP contribution in [0.25, 0.3) is 0 Å². The van der Waals surface area contributed by atoms with E-state index in [4.69, 9.17) is 0 Å². The van der Waals surface area contributed by atoms with Crippen LogP contribution in [0.15, 0.2) is 35.7 Å². The van der Waals surface area contributed by atoms with Crippen LogP contribution in [0.5, 0.6) is 0 Å². The minimum atomic E-state index is 0.303. The molecule has 2 heteroatoms. The molecular formula is C16H21NS. The summed E-state index contributed by atoms with van der Waals surface area (Å²) in [6, 6.07) is 11.5. The molecule has 0 fully saturated rings. The second kappa shape index (κ2) is 5.68. The maximum atomic E-state index is 3.42. The zero-order chi connectivity index (χ0) is 13.1. The van der Waals surface area contributed by atoms with Gasteiger partial charge in [0.2, 0.25) is 0 Å². The van der Waals surface area contributed by atoms with E-state index in [1.807, 2.05) is 18.4 Å². The summed E-state index contributed by atoms with van der Waals surface area (Å²) in [5, 5.41) is 5.58. The molecule has 0 saturated heterocycles. The van der Waals surface area contributed by atoms with Gasteiger partial charge in [-0.2, -0.15) is 0 Å². The third kappa shape index (κ3) is 2.65. The maximum absolute atomic E-state index is 3.42. The van der Waals surface area contributed by atoms with Crippen LogP contribution < -0.4 is 5.32 Å². The van der Waals surface area contributed by atoms with E-state index in [-0.39, 0.29) is 0 Å². The number of nitrogens with one attached hydrogen (secondary N) is 1. The lowest BCUT2D eigenvalue weighted by Crippen LogP contribution is -2.17. The Morgan fingerprint density at radius 1 is 1.00 bits per heavy atom. The van der Waals surface area contributed by atoms with Gasteiger partial charge in [-0.25, -0.2) is 0 Å². The fourth-order valence-electron chi connectivity index (χ4n) is 2.27. The molecule has 0 amide bonds. The van der Waals surface area contributed by atoms with E-state index in [9.17, 15) is 0 Å². The van der Waals surface area contributed by atoms with Crippen LogP contribution in [-0.2, 0) is 0 Å². The largest absolute Gasteiger partial charge is 0.309 e. The predicted octanol–water partition coefficient (Wildman–Crippen LogP) is 4.49. The van der Waals surface area contributed by atoms with E-state index in [0.29, 0.717) is 12.0 Å². The number of thiophene rings is 1. The Bertz CT molecular complexity index is 496. The number of aryl methyl sites for hydroxylation is 1. The molecular weight excluding hydrogens is 238 g/mol. The molecule has 0 saturated carbocycles. The zero-order valence-electron chi connectivity index (χ0n) is 11.5. The Morgan fingerprint density at radius 3 is 2.06 bits per heavy atom. The van der Waals surface area contributed by atoms with Crippen molar-refractivity contribution in [1.29, 1.82) is 0 Å². The topological polar surface area (TPSA) is 12.0 Å². The molecule has 1 N–H and O–H groups in total. The lowest BCUT2D eigenvalue weighted by molar-refractivity contribution is 0.690. The van der Waals surface area contributed by atoms with Gasteiger partial charge in [-0.3, -0.25) is 0 Å². The maximum Gasteiger partial charge on any atom is 0.0585 e. The average molecular weight is 259 g/mol. The molecule has 0 bridgehead atoms. The number of hydrogen-bond acceptors (Lipinski definition) is 2. The predicted molar refractivity (Wildman–Crippen MR) is 80.5 cm³/mol. The molecule has 1 atom stereocenters. The van der Waals surface area contributed by atoms with E-state index in [2.05, 4.69) is 61.8 Å². The lowest BCUT2D eigenvalue weighted by Gasteiger charge is -2.18. The van der Waals surface area contributed by atoms with Gasteiger partial charge in [0.1, 0.15) is 0 Å². The van der Waals surface area contributed by atoms with Crippen LogP contribution in [0.2, 0.25) is 0 Å². The Labute approximate surface area is 114 Å². The summed E-state index contributed by atoms with van der Waals surface area (Å²) in [6.07, 6.45) is 0. The summed E-state index contributed by atoms with van der Waals surface area (Å²) in [4.78, 5) is 1.39. The molecule has 1 unspecified atom stereocenters. The van der Waals surface area contributed by atoms with Crippen molar-refractivity contribution in [3.8, 4) is 0 Å². The normalized spacial score (nSPS) is 12.9. The highest BCUT2D eigenvalue weighted by molar-refractivity contribution is 7.10. The van der Waals surface area contributed by atoms with E-state index >= 15 is 0 Å². The second-order valence-electron chi connectivity index (χ2n) is 4.98. The highest BCUT2D eigenvalue weighted by atomic mass is 32.1. The summed E-state index contributed by atoms with van der Waals surface area (Å²) in [7, 11) is 2.03. The summed E-state index contributed by atoms with van der Waals surface area (Å²) in [6.45, 7) is 6.65. The molecule has 0 spiro atoms. The first-order chi connectivity index (χ1) is 8.63. The Balaban J connectivity index is 2.31. The third-order valence-electron chi connectivity index (χ3n) is 3.44. The smallest absolute Gasteiger partial charge is 0.0585 e. The molecule has 18 heavy (non-hydrogen) atoms. The van der Waals surface area contributed by atoms with Crippen LogP contribution in [0.1, 0.15) is 47.4 Å². The first-order valence-corrected chi connectivity index (χ1v) is 7.32. The standard InChI is InChI=1S/C16H21NS/c1-11(2)13-5-7-14(8-6-13)16(17-4)15-9-10-18-12(15)3/h5-11,16-17H,1-4H3. The van der Waals surface area contributed by atoms with E-state index in [1.54, 1.807) is 0 Å². The summed E-state index contributed by atoms with van der Waals surface area (Å²) >= 11 is 1.81. The van der Waals surface area contributed by atoms with Gasteiger partial charge in [-0.15, -0.1) is 11.3 Å². The van der Waals surface area contributed by atoms with Gasteiger partial charge in [-0.1, -0.05) is 38.1 Å². The molecule has 1 heterocycles. The molecule has 1 aromatic heterocycles. The third-order valence-corrected chi connectivity index (χ3v) is 4.30. The summed E-state index contributed by atoms with van der Waals surface area (Å²) < 4.78 is 0. The minimum Gasteiger partial charge on any atom is -0.309 e. The quantitative estimate of drug-likeness (QED) is 0.853. The minimum absolute atomic E-state index is 0.303. The van der Waals surface area contributed by atoms with E-state index in [1.165, 1.54) is 21.6 Å². The first kappa shape index (κ1) is 13.3. The fourth-order valence-corrected chi connectivity index (χ4v) is 3.01.